The van der Waals surface area contributed by atoms with Crippen molar-refractivity contribution in [1.82, 2.24) is 10.2 Å². The first-order valence-electron chi connectivity index (χ1n) is 17.2. The smallest absolute Gasteiger partial charge is 0.264 e. The van der Waals surface area contributed by atoms with Gasteiger partial charge in [-0.25, -0.2) is 8.42 Å². The molecular formula is C40H47N3O5S. The van der Waals surface area contributed by atoms with E-state index in [1.807, 2.05) is 87.5 Å². The molecule has 9 heteroatoms. The maximum Gasteiger partial charge on any atom is 0.264 e. The van der Waals surface area contributed by atoms with Crippen LogP contribution in [-0.4, -0.2) is 50.4 Å². The van der Waals surface area contributed by atoms with Gasteiger partial charge in [0.1, 0.15) is 18.3 Å². The van der Waals surface area contributed by atoms with E-state index in [1.54, 1.807) is 29.2 Å². The fourth-order valence-electron chi connectivity index (χ4n) is 6.31. The van der Waals surface area contributed by atoms with E-state index in [2.05, 4.69) is 5.32 Å². The molecule has 0 saturated heterocycles. The van der Waals surface area contributed by atoms with Gasteiger partial charge in [0.05, 0.1) is 17.2 Å². The molecule has 0 bridgehead atoms. The number of hydrogen-bond donors (Lipinski definition) is 1. The molecule has 2 amide bonds. The molecule has 5 rings (SSSR count). The Kier molecular flexibility index (Phi) is 12.1. The Morgan fingerprint density at radius 2 is 1.49 bits per heavy atom. The van der Waals surface area contributed by atoms with Gasteiger partial charge in [0.2, 0.25) is 11.8 Å². The highest BCUT2D eigenvalue weighted by Gasteiger charge is 2.35. The number of carbonyl (C=O) groups excluding carboxylic acids is 2. The van der Waals surface area contributed by atoms with Gasteiger partial charge in [-0.05, 0) is 86.7 Å². The van der Waals surface area contributed by atoms with Gasteiger partial charge < -0.3 is 15.0 Å². The first-order valence-corrected chi connectivity index (χ1v) is 18.6. The van der Waals surface area contributed by atoms with Gasteiger partial charge >= 0.3 is 0 Å². The number of rotatable bonds is 14. The molecule has 1 fully saturated rings. The molecule has 1 atom stereocenters. The Hall–Kier alpha value is -4.63. The first-order chi connectivity index (χ1) is 23.7. The predicted octanol–water partition coefficient (Wildman–Crippen LogP) is 6.99. The molecule has 4 aromatic rings. The second-order valence-electron chi connectivity index (χ2n) is 12.7. The highest BCUT2D eigenvalue weighted by atomic mass is 32.2. The van der Waals surface area contributed by atoms with Crippen LogP contribution in [0.25, 0.3) is 0 Å². The van der Waals surface area contributed by atoms with Crippen LogP contribution in [0.1, 0.15) is 61.3 Å². The number of amides is 2. The Morgan fingerprint density at radius 3 is 2.14 bits per heavy atom. The third-order valence-corrected chi connectivity index (χ3v) is 10.9. The van der Waals surface area contributed by atoms with Crippen LogP contribution in [0.4, 0.5) is 5.69 Å². The van der Waals surface area contributed by atoms with Crippen molar-refractivity contribution in [3.8, 4) is 5.75 Å². The van der Waals surface area contributed by atoms with Crippen molar-refractivity contribution in [3.05, 3.63) is 125 Å². The van der Waals surface area contributed by atoms with Gasteiger partial charge in [0, 0.05) is 19.0 Å². The molecule has 0 unspecified atom stereocenters. The summed E-state index contributed by atoms with van der Waals surface area (Å²) in [4.78, 5) is 30.7. The molecule has 8 nitrogen and oxygen atoms in total. The summed E-state index contributed by atoms with van der Waals surface area (Å²) >= 11 is 0. The number of hydrogen-bond acceptors (Lipinski definition) is 5. The number of sulfonamides is 1. The predicted molar refractivity (Wildman–Crippen MR) is 194 cm³/mol. The zero-order valence-electron chi connectivity index (χ0n) is 28.7. The molecule has 1 aliphatic carbocycles. The molecule has 0 radical (unpaired) electrons. The van der Waals surface area contributed by atoms with Gasteiger partial charge in [-0.1, -0.05) is 91.6 Å². The van der Waals surface area contributed by atoms with Crippen LogP contribution in [0.2, 0.25) is 0 Å². The minimum atomic E-state index is -4.21. The van der Waals surface area contributed by atoms with Crippen molar-refractivity contribution in [1.29, 1.82) is 0 Å². The van der Waals surface area contributed by atoms with Gasteiger partial charge in [-0.3, -0.25) is 13.9 Å². The van der Waals surface area contributed by atoms with Crippen LogP contribution < -0.4 is 14.4 Å². The van der Waals surface area contributed by atoms with Crippen LogP contribution in [0.5, 0.6) is 5.75 Å². The van der Waals surface area contributed by atoms with Crippen molar-refractivity contribution < 1.29 is 22.7 Å². The molecule has 0 aromatic heterocycles. The minimum absolute atomic E-state index is 0.0330. The van der Waals surface area contributed by atoms with Crippen LogP contribution in [-0.2, 0) is 32.6 Å². The van der Waals surface area contributed by atoms with Crippen LogP contribution in [0.15, 0.2) is 108 Å². The fourth-order valence-corrected chi connectivity index (χ4v) is 7.72. The normalized spacial score (nSPS) is 14.1. The van der Waals surface area contributed by atoms with Crippen LogP contribution >= 0.6 is 0 Å². The van der Waals surface area contributed by atoms with Gasteiger partial charge in [0.15, 0.2) is 0 Å². The molecule has 258 valence electrons. The van der Waals surface area contributed by atoms with Crippen molar-refractivity contribution in [2.75, 3.05) is 17.5 Å². The van der Waals surface area contributed by atoms with Crippen LogP contribution in [0, 0.1) is 13.8 Å². The molecule has 1 saturated carbocycles. The third kappa shape index (κ3) is 9.29. The van der Waals surface area contributed by atoms with E-state index in [0.29, 0.717) is 18.0 Å². The lowest BCUT2D eigenvalue weighted by molar-refractivity contribution is -0.140. The zero-order valence-corrected chi connectivity index (χ0v) is 29.5. The summed E-state index contributed by atoms with van der Waals surface area (Å²) in [6, 6.07) is 29.9. The van der Waals surface area contributed by atoms with E-state index in [9.17, 15) is 18.0 Å². The molecule has 0 aliphatic heterocycles. The average molecular weight is 682 g/mol. The summed E-state index contributed by atoms with van der Waals surface area (Å²) < 4.78 is 35.4. The second kappa shape index (κ2) is 16.7. The Balaban J connectivity index is 1.56. The lowest BCUT2D eigenvalue weighted by atomic mass is 9.94. The van der Waals surface area contributed by atoms with Crippen molar-refractivity contribution in [2.45, 2.75) is 82.8 Å². The van der Waals surface area contributed by atoms with Crippen molar-refractivity contribution in [2.24, 2.45) is 0 Å². The van der Waals surface area contributed by atoms with E-state index < -0.39 is 28.5 Å². The summed E-state index contributed by atoms with van der Waals surface area (Å²) in [5.41, 5.74) is 4.08. The number of ether oxygens (including phenoxy) is 1. The molecule has 1 aliphatic rings. The Bertz CT molecular complexity index is 1790. The number of aryl methyl sites for hydroxylation is 2. The quantitative estimate of drug-likeness (QED) is 0.155. The number of nitrogens with zero attached hydrogens (tertiary/aromatic N) is 2. The summed E-state index contributed by atoms with van der Waals surface area (Å²) in [7, 11) is -4.21. The Labute approximate surface area is 291 Å². The lowest BCUT2D eigenvalue weighted by Gasteiger charge is -2.35. The van der Waals surface area contributed by atoms with Gasteiger partial charge in [-0.15, -0.1) is 0 Å². The molecular weight excluding hydrogens is 635 g/mol. The number of benzene rings is 4. The number of carbonyl (C=O) groups is 2. The van der Waals surface area contributed by atoms with Crippen LogP contribution in [0.3, 0.4) is 0 Å². The largest absolute Gasteiger partial charge is 0.494 e. The Morgan fingerprint density at radius 1 is 0.837 bits per heavy atom. The van der Waals surface area contributed by atoms with Crippen molar-refractivity contribution in [3.63, 3.8) is 0 Å². The average Bonchev–Trinajstić information content (AvgIpc) is 3.11. The molecule has 49 heavy (non-hydrogen) atoms. The second-order valence-corrected chi connectivity index (χ2v) is 14.6. The van der Waals surface area contributed by atoms with Gasteiger partial charge in [-0.2, -0.15) is 0 Å². The number of anilines is 1. The topological polar surface area (TPSA) is 96.0 Å². The van der Waals surface area contributed by atoms with E-state index in [1.165, 1.54) is 12.1 Å². The monoisotopic (exact) mass is 681 g/mol. The third-order valence-electron chi connectivity index (χ3n) is 9.15. The SMILES string of the molecule is CCOc1ccc(S(=O)(=O)N(CC(=O)N(Cc2ccccc2C)[C@H](Cc2ccccc2)C(=O)NC2CCCCC2)c2ccc(C)cc2)cc1. The molecule has 1 N–H and O–H groups in total. The summed E-state index contributed by atoms with van der Waals surface area (Å²) in [6.07, 6.45) is 5.33. The maximum absolute atomic E-state index is 14.8. The minimum Gasteiger partial charge on any atom is -0.494 e. The van der Waals surface area contributed by atoms with E-state index in [0.717, 1.165) is 58.7 Å². The summed E-state index contributed by atoms with van der Waals surface area (Å²) in [5, 5.41) is 3.26. The fraction of sp³-hybridized carbons (Fsp3) is 0.350. The molecule has 4 aromatic carbocycles. The maximum atomic E-state index is 14.8. The van der Waals surface area contributed by atoms with Gasteiger partial charge in [0.25, 0.3) is 10.0 Å². The number of nitrogens with one attached hydrogen (secondary N) is 1. The standard InChI is InChI=1S/C40H47N3O5S/c1-4-48-36-23-25-37(26-24-36)49(46,47)43(35-21-19-30(2)20-22-35)29-39(44)42(28-33-16-12-11-13-31(33)3)38(27-32-14-7-5-8-15-32)40(45)41-34-17-9-6-10-18-34/h5,7-8,11-16,19-26,34,38H,4,6,9-10,17-18,27-29H2,1-3H3,(H,41,45)/t38-/m1/s1. The molecule has 0 spiro atoms. The lowest BCUT2D eigenvalue weighted by Crippen LogP contribution is -2.55. The highest BCUT2D eigenvalue weighted by Crippen LogP contribution is 2.27. The summed E-state index contributed by atoms with van der Waals surface area (Å²) in [5.74, 6) is -0.149. The molecule has 0 heterocycles. The zero-order chi connectivity index (χ0) is 34.8. The summed E-state index contributed by atoms with van der Waals surface area (Å²) in [6.45, 7) is 5.85. The van der Waals surface area contributed by atoms with Crippen molar-refractivity contribution >= 4 is 27.5 Å². The van der Waals surface area contributed by atoms with E-state index >= 15 is 0 Å². The van der Waals surface area contributed by atoms with E-state index in [-0.39, 0.29) is 29.8 Å². The highest BCUT2D eigenvalue weighted by molar-refractivity contribution is 7.92. The van der Waals surface area contributed by atoms with E-state index in [4.69, 9.17) is 4.74 Å². The first kappa shape index (κ1) is 35.7.